The molecule has 3 rings (SSSR count). The lowest BCUT2D eigenvalue weighted by molar-refractivity contribution is -0.142. The van der Waals surface area contributed by atoms with Crippen LogP contribution >= 0.6 is 0 Å². The van der Waals surface area contributed by atoms with E-state index in [0.717, 1.165) is 49.9 Å². The number of aryl methyl sites for hydroxylation is 2. The molecule has 0 aliphatic carbocycles. The summed E-state index contributed by atoms with van der Waals surface area (Å²) in [6, 6.07) is 7.89. The molecule has 1 aliphatic rings. The van der Waals surface area contributed by atoms with Gasteiger partial charge in [0.15, 0.2) is 6.10 Å². The van der Waals surface area contributed by atoms with E-state index in [-0.39, 0.29) is 11.8 Å². The van der Waals surface area contributed by atoms with Gasteiger partial charge >= 0.3 is 0 Å². The van der Waals surface area contributed by atoms with Crippen LogP contribution in [-0.2, 0) is 18.4 Å². The number of carbonyl (C=O) groups excluding carboxylic acids is 1. The van der Waals surface area contributed by atoms with E-state index in [1.54, 1.807) is 0 Å². The lowest BCUT2D eigenvalue weighted by Gasteiger charge is -2.37. The third-order valence-electron chi connectivity index (χ3n) is 5.07. The Bertz CT molecular complexity index is 763. The number of hydrogen-bond acceptors (Lipinski definition) is 4. The third kappa shape index (κ3) is 4.89. The number of aromatic nitrogens is 2. The number of ether oxygens (including phenoxy) is 1. The molecular formula is C21H30N4O2. The maximum absolute atomic E-state index is 13.1. The molecule has 1 aliphatic heterocycles. The highest BCUT2D eigenvalue weighted by Gasteiger charge is 2.31. The first-order chi connectivity index (χ1) is 12.9. The first kappa shape index (κ1) is 19.4. The Morgan fingerprint density at radius 1 is 1.22 bits per heavy atom. The van der Waals surface area contributed by atoms with Gasteiger partial charge in [-0.25, -0.2) is 4.98 Å². The fourth-order valence-electron chi connectivity index (χ4n) is 3.36. The molecule has 1 aromatic heterocycles. The SMILES string of the molecule is Cc1cccc(O[C@@H](C(=O)N2CCN(Cc3nccn3C)CC2)C(C)C)c1. The second-order valence-corrected chi connectivity index (χ2v) is 7.65. The zero-order valence-electron chi connectivity index (χ0n) is 16.8. The van der Waals surface area contributed by atoms with Gasteiger partial charge in [0.05, 0.1) is 6.54 Å². The van der Waals surface area contributed by atoms with Crippen molar-refractivity contribution < 1.29 is 9.53 Å². The zero-order valence-corrected chi connectivity index (χ0v) is 16.8. The van der Waals surface area contributed by atoms with Crippen LogP contribution in [0.1, 0.15) is 25.2 Å². The predicted octanol–water partition coefficient (Wildman–Crippen LogP) is 2.48. The van der Waals surface area contributed by atoms with Crippen molar-refractivity contribution in [1.82, 2.24) is 19.4 Å². The third-order valence-corrected chi connectivity index (χ3v) is 5.07. The minimum atomic E-state index is -0.451. The Morgan fingerprint density at radius 2 is 1.96 bits per heavy atom. The van der Waals surface area contributed by atoms with E-state index in [1.165, 1.54) is 0 Å². The maximum atomic E-state index is 13.1. The van der Waals surface area contributed by atoms with E-state index in [1.807, 2.05) is 73.9 Å². The normalized spacial score (nSPS) is 16.6. The summed E-state index contributed by atoms with van der Waals surface area (Å²) in [6.07, 6.45) is 3.34. The van der Waals surface area contributed by atoms with Crippen LogP contribution in [0.15, 0.2) is 36.7 Å². The Kier molecular flexibility index (Phi) is 6.16. The molecule has 0 radical (unpaired) electrons. The van der Waals surface area contributed by atoms with Crippen LogP contribution in [0, 0.1) is 12.8 Å². The monoisotopic (exact) mass is 370 g/mol. The van der Waals surface area contributed by atoms with Gasteiger partial charge in [0, 0.05) is 45.6 Å². The van der Waals surface area contributed by atoms with Crippen molar-refractivity contribution in [2.75, 3.05) is 26.2 Å². The van der Waals surface area contributed by atoms with Crippen molar-refractivity contribution in [3.8, 4) is 5.75 Å². The quantitative estimate of drug-likeness (QED) is 0.784. The molecule has 27 heavy (non-hydrogen) atoms. The van der Waals surface area contributed by atoms with Crippen LogP contribution in [0.3, 0.4) is 0 Å². The number of piperazine rings is 1. The Labute approximate surface area is 161 Å². The molecule has 6 heteroatoms. The average molecular weight is 370 g/mol. The molecule has 0 spiro atoms. The average Bonchev–Trinajstić information content (AvgIpc) is 3.04. The van der Waals surface area contributed by atoms with Gasteiger partial charge in [-0.1, -0.05) is 26.0 Å². The minimum Gasteiger partial charge on any atom is -0.480 e. The van der Waals surface area contributed by atoms with E-state index < -0.39 is 6.10 Å². The van der Waals surface area contributed by atoms with Gasteiger partial charge < -0.3 is 14.2 Å². The fourth-order valence-corrected chi connectivity index (χ4v) is 3.36. The highest BCUT2D eigenvalue weighted by Crippen LogP contribution is 2.20. The molecule has 1 saturated heterocycles. The van der Waals surface area contributed by atoms with E-state index in [9.17, 15) is 4.79 Å². The van der Waals surface area contributed by atoms with E-state index >= 15 is 0 Å². The molecule has 2 heterocycles. The van der Waals surface area contributed by atoms with Crippen LogP contribution in [0.4, 0.5) is 0 Å². The molecule has 1 aromatic carbocycles. The smallest absolute Gasteiger partial charge is 0.264 e. The summed E-state index contributed by atoms with van der Waals surface area (Å²) in [5.74, 6) is 2.01. The standard InChI is InChI=1S/C21H30N4O2/c1-16(2)20(27-18-7-5-6-17(3)14-18)21(26)25-12-10-24(11-13-25)15-19-22-8-9-23(19)4/h5-9,14,16,20H,10-13,15H2,1-4H3/t20-/m1/s1. The van der Waals surface area contributed by atoms with Gasteiger partial charge in [0.25, 0.3) is 5.91 Å². The molecule has 1 fully saturated rings. The molecule has 0 bridgehead atoms. The molecule has 6 nitrogen and oxygen atoms in total. The van der Waals surface area contributed by atoms with Gasteiger partial charge in [-0.05, 0) is 30.5 Å². The molecule has 146 valence electrons. The number of imidazole rings is 1. The van der Waals surface area contributed by atoms with Crippen molar-refractivity contribution >= 4 is 5.91 Å². The van der Waals surface area contributed by atoms with E-state index in [4.69, 9.17) is 4.74 Å². The highest BCUT2D eigenvalue weighted by atomic mass is 16.5. The Morgan fingerprint density at radius 3 is 2.56 bits per heavy atom. The van der Waals surface area contributed by atoms with Gasteiger partial charge in [0.2, 0.25) is 0 Å². The predicted molar refractivity (Wildman–Crippen MR) is 105 cm³/mol. The van der Waals surface area contributed by atoms with Gasteiger partial charge in [-0.15, -0.1) is 0 Å². The molecular weight excluding hydrogens is 340 g/mol. The summed E-state index contributed by atoms with van der Waals surface area (Å²) in [6.45, 7) is 10.1. The summed E-state index contributed by atoms with van der Waals surface area (Å²) >= 11 is 0. The number of hydrogen-bond donors (Lipinski definition) is 0. The van der Waals surface area contributed by atoms with Crippen molar-refractivity contribution in [2.24, 2.45) is 13.0 Å². The van der Waals surface area contributed by atoms with Gasteiger partial charge in [-0.2, -0.15) is 0 Å². The molecule has 1 amide bonds. The summed E-state index contributed by atoms with van der Waals surface area (Å²) in [5.41, 5.74) is 1.13. The maximum Gasteiger partial charge on any atom is 0.264 e. The zero-order chi connectivity index (χ0) is 19.4. The highest BCUT2D eigenvalue weighted by molar-refractivity contribution is 5.81. The number of rotatable bonds is 6. The molecule has 0 N–H and O–H groups in total. The van der Waals surface area contributed by atoms with Gasteiger partial charge in [-0.3, -0.25) is 9.69 Å². The van der Waals surface area contributed by atoms with E-state index in [2.05, 4.69) is 9.88 Å². The Hall–Kier alpha value is -2.34. The number of amides is 1. The lowest BCUT2D eigenvalue weighted by atomic mass is 10.1. The summed E-state index contributed by atoms with van der Waals surface area (Å²) < 4.78 is 8.13. The van der Waals surface area contributed by atoms with Crippen LogP contribution < -0.4 is 4.74 Å². The molecule has 1 atom stereocenters. The largest absolute Gasteiger partial charge is 0.480 e. The second kappa shape index (κ2) is 8.57. The summed E-state index contributed by atoms with van der Waals surface area (Å²) in [4.78, 5) is 21.7. The van der Waals surface area contributed by atoms with Crippen LogP contribution in [-0.4, -0.2) is 57.5 Å². The van der Waals surface area contributed by atoms with Crippen molar-refractivity contribution in [3.05, 3.63) is 48.0 Å². The first-order valence-corrected chi connectivity index (χ1v) is 9.64. The Balaban J connectivity index is 1.58. The lowest BCUT2D eigenvalue weighted by Crippen LogP contribution is -2.53. The molecule has 2 aromatic rings. The van der Waals surface area contributed by atoms with Crippen LogP contribution in [0.2, 0.25) is 0 Å². The first-order valence-electron chi connectivity index (χ1n) is 9.64. The molecule has 0 unspecified atom stereocenters. The molecule has 0 saturated carbocycles. The topological polar surface area (TPSA) is 50.6 Å². The fraction of sp³-hybridized carbons (Fsp3) is 0.524. The van der Waals surface area contributed by atoms with Crippen LogP contribution in [0.5, 0.6) is 5.75 Å². The van der Waals surface area contributed by atoms with E-state index in [0.29, 0.717) is 0 Å². The number of carbonyl (C=O) groups is 1. The number of nitrogens with zero attached hydrogens (tertiary/aromatic N) is 4. The van der Waals surface area contributed by atoms with Crippen LogP contribution in [0.25, 0.3) is 0 Å². The second-order valence-electron chi connectivity index (χ2n) is 7.65. The van der Waals surface area contributed by atoms with Crippen molar-refractivity contribution in [3.63, 3.8) is 0 Å². The minimum absolute atomic E-state index is 0.0862. The van der Waals surface area contributed by atoms with Crippen molar-refractivity contribution in [2.45, 2.75) is 33.4 Å². The van der Waals surface area contributed by atoms with Crippen molar-refractivity contribution in [1.29, 1.82) is 0 Å². The summed E-state index contributed by atoms with van der Waals surface area (Å²) in [5, 5.41) is 0. The number of benzene rings is 1. The van der Waals surface area contributed by atoms with Gasteiger partial charge in [0.1, 0.15) is 11.6 Å². The summed E-state index contributed by atoms with van der Waals surface area (Å²) in [7, 11) is 2.01.